The maximum atomic E-state index is 16.2. The number of β-amino-alcohol motifs (C(OH)–C–C–N with tert-alkyl or cyclic N) is 1. The number of aliphatic hydroxyl groups is 2. The van der Waals surface area contributed by atoms with Crippen molar-refractivity contribution in [1.29, 1.82) is 5.26 Å². The van der Waals surface area contributed by atoms with E-state index in [1.807, 2.05) is 12.1 Å². The Balaban J connectivity index is 1.72. The minimum absolute atomic E-state index is 0.0230. The number of hydrogen-bond acceptors (Lipinski definition) is 7. The van der Waals surface area contributed by atoms with Gasteiger partial charge in [-0.25, -0.2) is 13.6 Å². The van der Waals surface area contributed by atoms with E-state index in [1.165, 1.54) is 24.0 Å². The molecule has 2 heterocycles. The Morgan fingerprint density at radius 1 is 1.22 bits per heavy atom. The van der Waals surface area contributed by atoms with E-state index >= 15 is 8.78 Å². The van der Waals surface area contributed by atoms with E-state index < -0.39 is 51.7 Å². The number of amides is 1. The molecule has 2 aliphatic heterocycles. The zero-order valence-corrected chi connectivity index (χ0v) is 26.4. The van der Waals surface area contributed by atoms with E-state index in [0.717, 1.165) is 6.07 Å². The van der Waals surface area contributed by atoms with Crippen molar-refractivity contribution in [3.05, 3.63) is 81.9 Å². The fourth-order valence-corrected chi connectivity index (χ4v) is 6.40. The van der Waals surface area contributed by atoms with Crippen molar-refractivity contribution in [2.45, 2.75) is 76.4 Å². The fourth-order valence-electron chi connectivity index (χ4n) is 6.14. The van der Waals surface area contributed by atoms with Gasteiger partial charge in [-0.05, 0) is 52.3 Å². The number of likely N-dealkylation sites (tertiary alicyclic amines) is 1. The number of rotatable bonds is 6. The van der Waals surface area contributed by atoms with Crippen molar-refractivity contribution >= 4 is 17.7 Å². The molecule has 238 valence electrons. The molecule has 11 heteroatoms. The molecule has 8 nitrogen and oxygen atoms in total. The summed E-state index contributed by atoms with van der Waals surface area (Å²) in [5, 5.41) is 30.5. The maximum absolute atomic E-state index is 16.2. The quantitative estimate of drug-likeness (QED) is 0.316. The molecule has 45 heavy (non-hydrogen) atoms. The summed E-state index contributed by atoms with van der Waals surface area (Å²) in [5.41, 5.74) is -3.10. The van der Waals surface area contributed by atoms with Gasteiger partial charge in [0, 0.05) is 35.6 Å². The summed E-state index contributed by atoms with van der Waals surface area (Å²) in [6.07, 6.45) is -1.50. The van der Waals surface area contributed by atoms with E-state index in [9.17, 15) is 20.3 Å². The fraction of sp³-hybridized carbons (Fsp3) is 0.412. The minimum Gasteiger partial charge on any atom is -0.488 e. The lowest BCUT2D eigenvalue weighted by Crippen LogP contribution is -2.53. The van der Waals surface area contributed by atoms with Crippen molar-refractivity contribution in [3.8, 4) is 28.7 Å². The second-order valence-electron chi connectivity index (χ2n) is 13.0. The van der Waals surface area contributed by atoms with Crippen LogP contribution in [0.3, 0.4) is 0 Å². The summed E-state index contributed by atoms with van der Waals surface area (Å²) in [7, 11) is 0. The molecule has 1 fully saturated rings. The molecule has 0 aromatic heterocycles. The summed E-state index contributed by atoms with van der Waals surface area (Å²) in [6.45, 7) is 8.01. The third-order valence-corrected chi connectivity index (χ3v) is 8.29. The molecule has 3 aromatic rings. The van der Waals surface area contributed by atoms with Crippen molar-refractivity contribution in [2.24, 2.45) is 0 Å². The van der Waals surface area contributed by atoms with Crippen LogP contribution in [0.4, 0.5) is 13.6 Å². The molecule has 2 N–H and O–H groups in total. The highest BCUT2D eigenvalue weighted by Crippen LogP contribution is 2.54. The van der Waals surface area contributed by atoms with Crippen LogP contribution in [0.15, 0.2) is 48.5 Å². The van der Waals surface area contributed by atoms with Crippen LogP contribution < -0.4 is 9.47 Å². The smallest absolute Gasteiger partial charge is 0.410 e. The first-order chi connectivity index (χ1) is 21.1. The Labute approximate surface area is 265 Å². The first-order valence-corrected chi connectivity index (χ1v) is 15.0. The van der Waals surface area contributed by atoms with Crippen LogP contribution in [-0.2, 0) is 16.8 Å². The number of halogens is 3. The lowest BCUT2D eigenvalue weighted by molar-refractivity contribution is -0.0216. The van der Waals surface area contributed by atoms with Gasteiger partial charge in [-0.3, -0.25) is 4.90 Å². The molecule has 5 rings (SSSR count). The lowest BCUT2D eigenvalue weighted by Gasteiger charge is -2.40. The monoisotopic (exact) mass is 640 g/mol. The average molecular weight is 641 g/mol. The van der Waals surface area contributed by atoms with E-state index in [-0.39, 0.29) is 54.2 Å². The van der Waals surface area contributed by atoms with E-state index in [1.54, 1.807) is 52.0 Å². The highest BCUT2D eigenvalue weighted by molar-refractivity contribution is 6.34. The Hall–Kier alpha value is -3.91. The SMILES string of the molecule is CC(O)COc1ccc(C#N)c(-c2c(Cl)c(F)cc3c2C[C@](c2ccccc2)(C2CC(C)(O)CN2C(=O)OC(C)(C)C)O3)c1F. The van der Waals surface area contributed by atoms with Gasteiger partial charge in [0.05, 0.1) is 40.9 Å². The molecule has 0 bridgehead atoms. The molecule has 0 spiro atoms. The van der Waals surface area contributed by atoms with Crippen LogP contribution in [0, 0.1) is 23.0 Å². The van der Waals surface area contributed by atoms with E-state index in [0.29, 0.717) is 11.1 Å². The van der Waals surface area contributed by atoms with Crippen LogP contribution in [0.5, 0.6) is 11.5 Å². The molecular formula is C34H35ClF2N2O6. The van der Waals surface area contributed by atoms with Gasteiger partial charge in [0.2, 0.25) is 0 Å². The Bertz CT molecular complexity index is 1670. The summed E-state index contributed by atoms with van der Waals surface area (Å²) < 4.78 is 49.6. The highest BCUT2D eigenvalue weighted by atomic mass is 35.5. The van der Waals surface area contributed by atoms with Gasteiger partial charge < -0.3 is 24.4 Å². The molecule has 3 unspecified atom stereocenters. The van der Waals surface area contributed by atoms with Gasteiger partial charge in [-0.15, -0.1) is 0 Å². The molecule has 0 radical (unpaired) electrons. The Morgan fingerprint density at radius 2 is 1.91 bits per heavy atom. The van der Waals surface area contributed by atoms with Gasteiger partial charge in [0.25, 0.3) is 0 Å². The molecule has 2 aliphatic rings. The number of ether oxygens (including phenoxy) is 3. The molecule has 1 saturated heterocycles. The number of fused-ring (bicyclic) bond motifs is 1. The summed E-state index contributed by atoms with van der Waals surface area (Å²) >= 11 is 6.58. The summed E-state index contributed by atoms with van der Waals surface area (Å²) in [4.78, 5) is 15.0. The average Bonchev–Trinajstić information content (AvgIpc) is 3.51. The van der Waals surface area contributed by atoms with E-state index in [2.05, 4.69) is 0 Å². The largest absolute Gasteiger partial charge is 0.488 e. The van der Waals surface area contributed by atoms with Gasteiger partial charge in [-0.2, -0.15) is 5.26 Å². The van der Waals surface area contributed by atoms with Crippen LogP contribution in [0.1, 0.15) is 57.7 Å². The van der Waals surface area contributed by atoms with Gasteiger partial charge in [0.1, 0.15) is 23.8 Å². The standard InChI is InChI=1S/C34H35ClF2N2O6/c1-19(40)17-43-24-12-11-20(16-38)27(30(24)37)28-22-14-34(21-9-7-6-8-10-21,44-25(22)13-23(36)29(28)35)26-15-33(5,42)18-39(26)31(41)45-32(2,3)4/h6-13,19,26,40,42H,14-15,17-18H2,1-5H3/t19?,26?,33?,34-/m0/s1. The molecule has 0 aliphatic carbocycles. The van der Waals surface area contributed by atoms with Crippen LogP contribution >= 0.6 is 11.6 Å². The topological polar surface area (TPSA) is 112 Å². The second-order valence-corrected chi connectivity index (χ2v) is 13.3. The predicted molar refractivity (Wildman–Crippen MR) is 163 cm³/mol. The number of aliphatic hydroxyl groups excluding tert-OH is 1. The number of carbonyl (C=O) groups is 1. The molecule has 0 saturated carbocycles. The zero-order valence-electron chi connectivity index (χ0n) is 25.7. The molecule has 4 atom stereocenters. The lowest BCUT2D eigenvalue weighted by atomic mass is 9.78. The highest BCUT2D eigenvalue weighted by Gasteiger charge is 2.58. The van der Waals surface area contributed by atoms with Crippen molar-refractivity contribution in [1.82, 2.24) is 4.90 Å². The van der Waals surface area contributed by atoms with Crippen LogP contribution in [0.2, 0.25) is 5.02 Å². The summed E-state index contributed by atoms with van der Waals surface area (Å²) in [6, 6.07) is 13.8. The normalized spacial score (nSPS) is 23.2. The Kier molecular flexibility index (Phi) is 8.51. The van der Waals surface area contributed by atoms with Crippen LogP contribution in [-0.4, -0.2) is 57.7 Å². The van der Waals surface area contributed by atoms with E-state index in [4.69, 9.17) is 25.8 Å². The predicted octanol–water partition coefficient (Wildman–Crippen LogP) is 6.51. The Morgan fingerprint density at radius 3 is 2.53 bits per heavy atom. The van der Waals surface area contributed by atoms with Crippen molar-refractivity contribution in [3.63, 3.8) is 0 Å². The van der Waals surface area contributed by atoms with Crippen LogP contribution in [0.25, 0.3) is 11.1 Å². The van der Waals surface area contributed by atoms with Crippen molar-refractivity contribution in [2.75, 3.05) is 13.2 Å². The summed E-state index contributed by atoms with van der Waals surface area (Å²) in [5.74, 6) is -2.07. The first-order valence-electron chi connectivity index (χ1n) is 14.6. The van der Waals surface area contributed by atoms with Gasteiger partial charge >= 0.3 is 6.09 Å². The number of benzene rings is 3. The third-order valence-electron chi connectivity index (χ3n) is 7.92. The first kappa shape index (κ1) is 32.5. The molecule has 3 aromatic carbocycles. The molecule has 1 amide bonds. The van der Waals surface area contributed by atoms with Gasteiger partial charge in [0.15, 0.2) is 17.2 Å². The maximum Gasteiger partial charge on any atom is 0.410 e. The third kappa shape index (κ3) is 6.17. The van der Waals surface area contributed by atoms with Gasteiger partial charge in [-0.1, -0.05) is 41.9 Å². The van der Waals surface area contributed by atoms with Crippen molar-refractivity contribution < 1.29 is 38.0 Å². The molecular weight excluding hydrogens is 606 g/mol. The number of nitriles is 1. The number of hydrogen-bond donors (Lipinski definition) is 2. The second kappa shape index (κ2) is 11.8. The minimum atomic E-state index is -1.39. The number of nitrogens with zero attached hydrogens (tertiary/aromatic N) is 2. The zero-order chi connectivity index (χ0) is 32.9. The number of carbonyl (C=O) groups excluding carboxylic acids is 1.